The zero-order valence-corrected chi connectivity index (χ0v) is 17.0. The lowest BCUT2D eigenvalue weighted by Crippen LogP contribution is -2.39. The summed E-state index contributed by atoms with van der Waals surface area (Å²) in [5.41, 5.74) is 3.97. The van der Waals surface area contributed by atoms with Crippen molar-refractivity contribution < 1.29 is 19.1 Å². The fourth-order valence-corrected chi connectivity index (χ4v) is 2.32. The Morgan fingerprint density at radius 3 is 2.48 bits per heavy atom. The Morgan fingerprint density at radius 1 is 1.03 bits per heavy atom. The van der Waals surface area contributed by atoms with E-state index in [-0.39, 0.29) is 5.92 Å². The van der Waals surface area contributed by atoms with Gasteiger partial charge in [-0.25, -0.2) is 5.43 Å². The molecule has 154 valence electrons. The molecule has 7 nitrogen and oxygen atoms in total. The molecule has 0 atom stereocenters. The van der Waals surface area contributed by atoms with Crippen LogP contribution in [-0.2, 0) is 16.2 Å². The number of nitrogens with one attached hydrogen (secondary N) is 2. The summed E-state index contributed by atoms with van der Waals surface area (Å²) in [6, 6.07) is 15.2. The molecule has 2 rings (SSSR count). The van der Waals surface area contributed by atoms with Crippen LogP contribution in [0.4, 0.5) is 0 Å². The number of carbonyl (C=O) groups excluding carboxylic acids is 2. The minimum Gasteiger partial charge on any atom is -0.490 e. The van der Waals surface area contributed by atoms with Crippen molar-refractivity contribution in [2.24, 2.45) is 11.0 Å². The van der Waals surface area contributed by atoms with Gasteiger partial charge in [-0.15, -0.1) is 0 Å². The largest absolute Gasteiger partial charge is 0.490 e. The van der Waals surface area contributed by atoms with Gasteiger partial charge in [-0.1, -0.05) is 44.2 Å². The van der Waals surface area contributed by atoms with Crippen molar-refractivity contribution in [2.75, 3.05) is 13.2 Å². The summed E-state index contributed by atoms with van der Waals surface area (Å²) >= 11 is 0. The van der Waals surface area contributed by atoms with Gasteiger partial charge in [-0.05, 0) is 42.2 Å². The van der Waals surface area contributed by atoms with E-state index in [1.807, 2.05) is 51.1 Å². The second-order valence-corrected chi connectivity index (χ2v) is 6.72. The van der Waals surface area contributed by atoms with E-state index >= 15 is 0 Å². The Balaban J connectivity index is 1.96. The maximum atomic E-state index is 11.7. The standard InChI is InChI=1S/C22H27N3O4/c1-4-28-20-12-18(14-24-25-22(27)21(26)23-13-16(2)3)10-11-19(20)29-15-17-8-6-5-7-9-17/h5-12,14,16H,4,13,15H2,1-3H3,(H,23,26)(H,25,27)/b24-14-. The van der Waals surface area contributed by atoms with Crippen LogP contribution in [0.25, 0.3) is 0 Å². The Bertz CT molecular complexity index is 835. The highest BCUT2D eigenvalue weighted by molar-refractivity contribution is 6.35. The van der Waals surface area contributed by atoms with Crippen LogP contribution in [0.1, 0.15) is 31.9 Å². The molecule has 0 fully saturated rings. The smallest absolute Gasteiger partial charge is 0.329 e. The van der Waals surface area contributed by atoms with Crippen molar-refractivity contribution in [2.45, 2.75) is 27.4 Å². The Hall–Kier alpha value is -3.35. The fourth-order valence-electron chi connectivity index (χ4n) is 2.32. The normalized spacial score (nSPS) is 10.8. The lowest BCUT2D eigenvalue weighted by molar-refractivity contribution is -0.139. The Kier molecular flexibility index (Phi) is 8.69. The van der Waals surface area contributed by atoms with Crippen molar-refractivity contribution in [3.8, 4) is 11.5 Å². The van der Waals surface area contributed by atoms with Gasteiger partial charge in [0.15, 0.2) is 11.5 Å². The van der Waals surface area contributed by atoms with Crippen LogP contribution in [0, 0.1) is 5.92 Å². The van der Waals surface area contributed by atoms with E-state index < -0.39 is 11.8 Å². The van der Waals surface area contributed by atoms with Crippen molar-refractivity contribution >= 4 is 18.0 Å². The van der Waals surface area contributed by atoms with E-state index in [9.17, 15) is 9.59 Å². The summed E-state index contributed by atoms with van der Waals surface area (Å²) in [5.74, 6) is -0.0709. The highest BCUT2D eigenvalue weighted by Crippen LogP contribution is 2.28. The van der Waals surface area contributed by atoms with Gasteiger partial charge in [-0.2, -0.15) is 5.10 Å². The molecule has 0 unspecified atom stereocenters. The molecule has 0 saturated carbocycles. The van der Waals surface area contributed by atoms with Gasteiger partial charge >= 0.3 is 11.8 Å². The highest BCUT2D eigenvalue weighted by atomic mass is 16.5. The first kappa shape index (κ1) is 21.9. The molecule has 2 N–H and O–H groups in total. The topological polar surface area (TPSA) is 89.0 Å². The molecule has 0 spiro atoms. The van der Waals surface area contributed by atoms with E-state index in [1.54, 1.807) is 18.2 Å². The molecular formula is C22H27N3O4. The second kappa shape index (κ2) is 11.5. The molecule has 2 aromatic carbocycles. The number of benzene rings is 2. The zero-order valence-electron chi connectivity index (χ0n) is 17.0. The SMILES string of the molecule is CCOc1cc(/C=N\NC(=O)C(=O)NCC(C)C)ccc1OCc1ccccc1. The first-order valence-electron chi connectivity index (χ1n) is 9.54. The molecule has 7 heteroatoms. The van der Waals surface area contributed by atoms with Crippen LogP contribution < -0.4 is 20.2 Å². The second-order valence-electron chi connectivity index (χ2n) is 6.72. The van der Waals surface area contributed by atoms with Gasteiger partial charge in [-0.3, -0.25) is 9.59 Å². The quantitative estimate of drug-likeness (QED) is 0.387. The number of ether oxygens (including phenoxy) is 2. The third-order valence-electron chi connectivity index (χ3n) is 3.76. The summed E-state index contributed by atoms with van der Waals surface area (Å²) in [5, 5.41) is 6.36. The number of amides is 2. The summed E-state index contributed by atoms with van der Waals surface area (Å²) < 4.78 is 11.5. The van der Waals surface area contributed by atoms with Gasteiger partial charge in [0.05, 0.1) is 12.8 Å². The number of nitrogens with zero attached hydrogens (tertiary/aromatic N) is 1. The molecule has 2 amide bonds. The Morgan fingerprint density at radius 2 is 1.79 bits per heavy atom. The van der Waals surface area contributed by atoms with Gasteiger partial charge in [0.2, 0.25) is 0 Å². The minimum atomic E-state index is -0.810. The number of hydrazone groups is 1. The number of hydrogen-bond donors (Lipinski definition) is 2. The fraction of sp³-hybridized carbons (Fsp3) is 0.318. The third-order valence-corrected chi connectivity index (χ3v) is 3.76. The Labute approximate surface area is 171 Å². The average molecular weight is 397 g/mol. The van der Waals surface area contributed by atoms with Crippen LogP contribution in [-0.4, -0.2) is 31.2 Å². The molecular weight excluding hydrogens is 370 g/mol. The number of carbonyl (C=O) groups is 2. The van der Waals surface area contributed by atoms with Crippen LogP contribution in [0.15, 0.2) is 53.6 Å². The molecule has 2 aromatic rings. The first-order chi connectivity index (χ1) is 14.0. The van der Waals surface area contributed by atoms with Gasteiger partial charge < -0.3 is 14.8 Å². The van der Waals surface area contributed by atoms with Crippen molar-refractivity contribution in [1.29, 1.82) is 0 Å². The van der Waals surface area contributed by atoms with E-state index in [0.717, 1.165) is 5.56 Å². The van der Waals surface area contributed by atoms with Crippen LogP contribution in [0.3, 0.4) is 0 Å². The summed E-state index contributed by atoms with van der Waals surface area (Å²) in [6.07, 6.45) is 1.44. The molecule has 0 aliphatic rings. The molecule has 0 radical (unpaired) electrons. The van der Waals surface area contributed by atoms with Gasteiger partial charge in [0.1, 0.15) is 6.61 Å². The van der Waals surface area contributed by atoms with E-state index in [2.05, 4.69) is 15.8 Å². The van der Waals surface area contributed by atoms with Crippen LogP contribution in [0.2, 0.25) is 0 Å². The predicted molar refractivity (Wildman–Crippen MR) is 112 cm³/mol. The summed E-state index contributed by atoms with van der Waals surface area (Å²) in [7, 11) is 0. The van der Waals surface area contributed by atoms with E-state index in [1.165, 1.54) is 6.21 Å². The third kappa shape index (κ3) is 7.65. The van der Waals surface area contributed by atoms with E-state index in [4.69, 9.17) is 9.47 Å². The maximum Gasteiger partial charge on any atom is 0.329 e. The minimum absolute atomic E-state index is 0.259. The zero-order chi connectivity index (χ0) is 21.1. The maximum absolute atomic E-state index is 11.7. The van der Waals surface area contributed by atoms with Crippen molar-refractivity contribution in [1.82, 2.24) is 10.7 Å². The molecule has 0 saturated heterocycles. The molecule has 0 aliphatic carbocycles. The molecule has 29 heavy (non-hydrogen) atoms. The number of rotatable bonds is 9. The summed E-state index contributed by atoms with van der Waals surface area (Å²) in [6.45, 7) is 7.11. The highest BCUT2D eigenvalue weighted by Gasteiger charge is 2.12. The van der Waals surface area contributed by atoms with Crippen LogP contribution >= 0.6 is 0 Å². The molecule has 0 aromatic heterocycles. The van der Waals surface area contributed by atoms with E-state index in [0.29, 0.717) is 36.8 Å². The van der Waals surface area contributed by atoms with Gasteiger partial charge in [0.25, 0.3) is 0 Å². The number of hydrogen-bond acceptors (Lipinski definition) is 5. The lowest BCUT2D eigenvalue weighted by atomic mass is 10.2. The average Bonchev–Trinajstić information content (AvgIpc) is 2.72. The van der Waals surface area contributed by atoms with Crippen LogP contribution in [0.5, 0.6) is 11.5 Å². The lowest BCUT2D eigenvalue weighted by Gasteiger charge is -2.12. The monoisotopic (exact) mass is 397 g/mol. The van der Waals surface area contributed by atoms with Crippen molar-refractivity contribution in [3.05, 3.63) is 59.7 Å². The molecule has 0 bridgehead atoms. The van der Waals surface area contributed by atoms with Crippen molar-refractivity contribution in [3.63, 3.8) is 0 Å². The summed E-state index contributed by atoms with van der Waals surface area (Å²) in [4.78, 5) is 23.3. The molecule has 0 aliphatic heterocycles. The van der Waals surface area contributed by atoms with Gasteiger partial charge in [0, 0.05) is 6.54 Å². The predicted octanol–water partition coefficient (Wildman–Crippen LogP) is 2.89. The first-order valence-corrected chi connectivity index (χ1v) is 9.54. The molecule has 0 heterocycles.